The number of hydrogen-bond acceptors (Lipinski definition) is 5. The van der Waals surface area contributed by atoms with Gasteiger partial charge in [0.2, 0.25) is 0 Å². The number of rotatable bonds is 9. The molecule has 1 aliphatic carbocycles. The second kappa shape index (κ2) is 10.8. The number of hydrogen-bond donors (Lipinski definition) is 3. The number of benzene rings is 1. The maximum Gasteiger partial charge on any atom is 0.434 e. The Morgan fingerprint density at radius 1 is 1.08 bits per heavy atom. The van der Waals surface area contributed by atoms with Crippen LogP contribution < -0.4 is 10.6 Å². The summed E-state index contributed by atoms with van der Waals surface area (Å²) >= 11 is 0. The van der Waals surface area contributed by atoms with Crippen LogP contribution in [-0.2, 0) is 11.0 Å². The highest BCUT2D eigenvalue weighted by Gasteiger charge is 2.33. The molecule has 36 heavy (non-hydrogen) atoms. The molecule has 190 valence electrons. The fraction of sp³-hybridized carbons (Fsp3) is 0.360. The summed E-state index contributed by atoms with van der Waals surface area (Å²) in [6.07, 6.45) is 3.26. The van der Waals surface area contributed by atoms with Crippen LogP contribution in [0, 0.1) is 5.92 Å². The van der Waals surface area contributed by atoms with Crippen molar-refractivity contribution in [3.8, 4) is 5.82 Å². The highest BCUT2D eigenvalue weighted by Crippen LogP contribution is 2.38. The summed E-state index contributed by atoms with van der Waals surface area (Å²) in [5, 5.41) is 14.8. The first-order chi connectivity index (χ1) is 17.2. The molecular weight excluding hydrogens is 475 g/mol. The van der Waals surface area contributed by atoms with Crippen LogP contribution in [0.3, 0.4) is 0 Å². The SMILES string of the molecule is O=C(O)CCNC(=O)c1ccc([C@@H](Nc2ccc(-n3cnc(C(F)(F)F)c3)nc2)C2CCCC2)cc1. The first-order valence-corrected chi connectivity index (χ1v) is 11.6. The van der Waals surface area contributed by atoms with E-state index in [1.165, 1.54) is 4.57 Å². The Morgan fingerprint density at radius 2 is 1.81 bits per heavy atom. The largest absolute Gasteiger partial charge is 0.481 e. The molecular formula is C25H26F3N5O3. The van der Waals surface area contributed by atoms with Crippen molar-refractivity contribution in [1.82, 2.24) is 19.9 Å². The predicted octanol–water partition coefficient (Wildman–Crippen LogP) is 4.83. The zero-order valence-corrected chi connectivity index (χ0v) is 19.3. The van der Waals surface area contributed by atoms with Crippen molar-refractivity contribution in [3.05, 3.63) is 71.9 Å². The Morgan fingerprint density at radius 3 is 2.39 bits per heavy atom. The Balaban J connectivity index is 1.47. The minimum Gasteiger partial charge on any atom is -0.481 e. The van der Waals surface area contributed by atoms with Crippen LogP contribution in [0.5, 0.6) is 0 Å². The van der Waals surface area contributed by atoms with Gasteiger partial charge in [0.05, 0.1) is 24.3 Å². The molecule has 0 bridgehead atoms. The molecule has 3 N–H and O–H groups in total. The lowest BCUT2D eigenvalue weighted by molar-refractivity contribution is -0.141. The second-order valence-corrected chi connectivity index (χ2v) is 8.76. The lowest BCUT2D eigenvalue weighted by atomic mass is 9.91. The molecule has 0 saturated heterocycles. The molecule has 1 fully saturated rings. The summed E-state index contributed by atoms with van der Waals surface area (Å²) < 4.78 is 39.7. The highest BCUT2D eigenvalue weighted by molar-refractivity contribution is 5.94. The zero-order chi connectivity index (χ0) is 25.7. The number of halogens is 3. The van der Waals surface area contributed by atoms with Gasteiger partial charge in [0, 0.05) is 18.3 Å². The summed E-state index contributed by atoms with van der Waals surface area (Å²) in [6.45, 7) is 0.0573. The molecule has 2 aromatic heterocycles. The van der Waals surface area contributed by atoms with Gasteiger partial charge in [-0.1, -0.05) is 25.0 Å². The normalized spacial score (nSPS) is 15.0. The molecule has 0 spiro atoms. The molecule has 0 unspecified atom stereocenters. The molecule has 1 aliphatic rings. The third kappa shape index (κ3) is 6.21. The van der Waals surface area contributed by atoms with Gasteiger partial charge in [-0.25, -0.2) is 9.97 Å². The van der Waals surface area contributed by atoms with Crippen LogP contribution >= 0.6 is 0 Å². The smallest absolute Gasteiger partial charge is 0.434 e. The number of nitrogens with one attached hydrogen (secondary N) is 2. The maximum atomic E-state index is 12.8. The average molecular weight is 502 g/mol. The number of aliphatic carboxylic acids is 1. The van der Waals surface area contributed by atoms with Crippen molar-refractivity contribution in [2.24, 2.45) is 5.92 Å². The van der Waals surface area contributed by atoms with E-state index < -0.39 is 17.8 Å². The topological polar surface area (TPSA) is 109 Å². The molecule has 1 atom stereocenters. The van der Waals surface area contributed by atoms with Crippen LogP contribution in [0.4, 0.5) is 18.9 Å². The van der Waals surface area contributed by atoms with Crippen molar-refractivity contribution >= 4 is 17.6 Å². The number of anilines is 1. The van der Waals surface area contributed by atoms with Crippen LogP contribution in [0.1, 0.15) is 59.8 Å². The monoisotopic (exact) mass is 501 g/mol. The third-order valence-corrected chi connectivity index (χ3v) is 6.24. The Hall–Kier alpha value is -3.89. The van der Waals surface area contributed by atoms with E-state index in [9.17, 15) is 22.8 Å². The number of pyridine rings is 1. The summed E-state index contributed by atoms with van der Waals surface area (Å²) in [5.74, 6) is -0.613. The van der Waals surface area contributed by atoms with E-state index in [0.717, 1.165) is 49.5 Å². The number of alkyl halides is 3. The van der Waals surface area contributed by atoms with Gasteiger partial charge in [-0.05, 0) is 48.6 Å². The van der Waals surface area contributed by atoms with Gasteiger partial charge in [-0.2, -0.15) is 13.2 Å². The Kier molecular flexibility index (Phi) is 7.56. The van der Waals surface area contributed by atoms with Gasteiger partial charge >= 0.3 is 12.1 Å². The average Bonchev–Trinajstić information content (AvgIpc) is 3.55. The number of carbonyl (C=O) groups is 2. The van der Waals surface area contributed by atoms with Crippen molar-refractivity contribution in [1.29, 1.82) is 0 Å². The van der Waals surface area contributed by atoms with Gasteiger partial charge < -0.3 is 15.7 Å². The number of carboxylic acid groups (broad SMARTS) is 1. The molecule has 3 aromatic rings. The molecule has 8 nitrogen and oxygen atoms in total. The van der Waals surface area contributed by atoms with Crippen molar-refractivity contribution in [2.75, 3.05) is 11.9 Å². The number of carbonyl (C=O) groups excluding carboxylic acids is 1. The summed E-state index contributed by atoms with van der Waals surface area (Å²) in [6, 6.07) is 10.6. The number of amides is 1. The lowest BCUT2D eigenvalue weighted by Crippen LogP contribution is -2.26. The van der Waals surface area contributed by atoms with Gasteiger partial charge in [0.15, 0.2) is 5.69 Å². The van der Waals surface area contributed by atoms with E-state index in [-0.39, 0.29) is 24.9 Å². The minimum absolute atomic E-state index is 0.0330. The third-order valence-electron chi connectivity index (χ3n) is 6.24. The minimum atomic E-state index is -4.52. The molecule has 2 heterocycles. The van der Waals surface area contributed by atoms with Crippen LogP contribution in [0.25, 0.3) is 5.82 Å². The van der Waals surface area contributed by atoms with Crippen LogP contribution in [0.15, 0.2) is 55.1 Å². The van der Waals surface area contributed by atoms with E-state index in [4.69, 9.17) is 5.11 Å². The quantitative estimate of drug-likeness (QED) is 0.387. The fourth-order valence-corrected chi connectivity index (χ4v) is 4.39. The highest BCUT2D eigenvalue weighted by atomic mass is 19.4. The van der Waals surface area contributed by atoms with Crippen LogP contribution in [-0.4, -0.2) is 38.1 Å². The van der Waals surface area contributed by atoms with Crippen molar-refractivity contribution in [3.63, 3.8) is 0 Å². The van der Waals surface area contributed by atoms with Gasteiger partial charge in [0.25, 0.3) is 5.91 Å². The molecule has 1 saturated carbocycles. The number of nitrogens with zero attached hydrogens (tertiary/aromatic N) is 3. The van der Waals surface area contributed by atoms with Gasteiger partial charge in [-0.15, -0.1) is 0 Å². The van der Waals surface area contributed by atoms with Crippen molar-refractivity contribution < 1.29 is 27.9 Å². The fourth-order valence-electron chi connectivity index (χ4n) is 4.39. The molecule has 1 amide bonds. The first kappa shape index (κ1) is 25.2. The van der Waals surface area contributed by atoms with Crippen LogP contribution in [0.2, 0.25) is 0 Å². The number of aromatic nitrogens is 3. The zero-order valence-electron chi connectivity index (χ0n) is 19.3. The molecule has 0 radical (unpaired) electrons. The Labute approximate surface area is 205 Å². The molecule has 4 rings (SSSR count). The molecule has 1 aromatic carbocycles. The second-order valence-electron chi connectivity index (χ2n) is 8.76. The summed E-state index contributed by atoms with van der Waals surface area (Å²) in [4.78, 5) is 30.6. The van der Waals surface area contributed by atoms with E-state index in [1.54, 1.807) is 30.5 Å². The predicted molar refractivity (Wildman–Crippen MR) is 126 cm³/mol. The summed E-state index contributed by atoms with van der Waals surface area (Å²) in [7, 11) is 0. The first-order valence-electron chi connectivity index (χ1n) is 11.6. The standard InChI is InChI=1S/C25H26F3N5O3/c26-25(27,28)20-14-33(15-31-20)21-10-9-19(13-30-21)32-23(16-3-1-2-4-16)17-5-7-18(8-6-17)24(36)29-12-11-22(34)35/h5-10,13-16,23,32H,1-4,11-12H2,(H,29,36)(H,34,35)/t23-/m0/s1. The van der Waals surface area contributed by atoms with Gasteiger partial charge in [-0.3, -0.25) is 14.2 Å². The summed E-state index contributed by atoms with van der Waals surface area (Å²) in [5.41, 5.74) is 1.19. The number of carboxylic acids is 1. The number of imidazole rings is 1. The van der Waals surface area contributed by atoms with E-state index in [1.807, 2.05) is 12.1 Å². The Bertz CT molecular complexity index is 1190. The van der Waals surface area contributed by atoms with E-state index in [0.29, 0.717) is 17.3 Å². The van der Waals surface area contributed by atoms with E-state index in [2.05, 4.69) is 20.6 Å². The van der Waals surface area contributed by atoms with E-state index >= 15 is 0 Å². The molecule has 0 aliphatic heterocycles. The maximum absolute atomic E-state index is 12.8. The van der Waals surface area contributed by atoms with Gasteiger partial charge in [0.1, 0.15) is 12.1 Å². The van der Waals surface area contributed by atoms with Crippen molar-refractivity contribution in [2.45, 2.75) is 44.3 Å². The lowest BCUT2D eigenvalue weighted by Gasteiger charge is -2.26. The molecule has 11 heteroatoms.